The molecule has 1 amide bonds. The van der Waals surface area contributed by atoms with Crippen molar-refractivity contribution in [1.82, 2.24) is 10.3 Å². The molecule has 114 valence electrons. The lowest BCUT2D eigenvalue weighted by atomic mass is 10.2. The Labute approximate surface area is 128 Å². The van der Waals surface area contributed by atoms with Crippen molar-refractivity contribution in [1.29, 1.82) is 0 Å². The summed E-state index contributed by atoms with van der Waals surface area (Å²) < 4.78 is 16.1. The summed E-state index contributed by atoms with van der Waals surface area (Å²) in [6.07, 6.45) is 1.56. The van der Waals surface area contributed by atoms with Crippen molar-refractivity contribution in [2.75, 3.05) is 19.9 Å². The van der Waals surface area contributed by atoms with Gasteiger partial charge in [-0.3, -0.25) is 9.78 Å². The number of pyridine rings is 1. The van der Waals surface area contributed by atoms with Gasteiger partial charge in [0, 0.05) is 18.0 Å². The number of fused-ring (bicyclic) bond motifs is 1. The van der Waals surface area contributed by atoms with Gasteiger partial charge in [0.15, 0.2) is 11.5 Å². The number of amides is 1. The van der Waals surface area contributed by atoms with Gasteiger partial charge < -0.3 is 19.5 Å². The van der Waals surface area contributed by atoms with Crippen LogP contribution in [0.15, 0.2) is 36.5 Å². The molecule has 0 unspecified atom stereocenters. The molecule has 0 atom stereocenters. The molecule has 0 fully saturated rings. The molecule has 6 heteroatoms. The fourth-order valence-electron chi connectivity index (χ4n) is 2.00. The first-order valence-electron chi connectivity index (χ1n) is 6.96. The number of aryl methyl sites for hydroxylation is 1. The number of rotatable bonds is 5. The molecule has 3 rings (SSSR count). The fourth-order valence-corrected chi connectivity index (χ4v) is 2.00. The highest BCUT2D eigenvalue weighted by Gasteiger charge is 2.13. The van der Waals surface area contributed by atoms with Gasteiger partial charge in [-0.2, -0.15) is 0 Å². The van der Waals surface area contributed by atoms with Crippen molar-refractivity contribution in [2.24, 2.45) is 0 Å². The fraction of sp³-hybridized carbons (Fsp3) is 0.250. The van der Waals surface area contributed by atoms with Gasteiger partial charge in [-0.05, 0) is 31.2 Å². The Bertz CT molecular complexity index is 670. The van der Waals surface area contributed by atoms with Crippen LogP contribution in [0.1, 0.15) is 16.1 Å². The largest absolute Gasteiger partial charge is 0.492 e. The zero-order valence-electron chi connectivity index (χ0n) is 12.2. The SMILES string of the molecule is Cc1ccc(C(=O)NCCOc2ccc3c(c2)OCO3)cn1. The number of ether oxygens (including phenoxy) is 3. The summed E-state index contributed by atoms with van der Waals surface area (Å²) in [6, 6.07) is 8.93. The smallest absolute Gasteiger partial charge is 0.252 e. The first-order valence-corrected chi connectivity index (χ1v) is 6.96. The van der Waals surface area contributed by atoms with E-state index in [0.717, 1.165) is 5.69 Å². The predicted octanol–water partition coefficient (Wildman–Crippen LogP) is 1.93. The summed E-state index contributed by atoms with van der Waals surface area (Å²) in [5, 5.41) is 2.78. The lowest BCUT2D eigenvalue weighted by molar-refractivity contribution is 0.0946. The molecule has 0 aliphatic carbocycles. The van der Waals surface area contributed by atoms with Gasteiger partial charge in [0.1, 0.15) is 12.4 Å². The summed E-state index contributed by atoms with van der Waals surface area (Å²) in [5.41, 5.74) is 1.41. The van der Waals surface area contributed by atoms with Crippen LogP contribution in [0.25, 0.3) is 0 Å². The van der Waals surface area contributed by atoms with Crippen LogP contribution in [0.3, 0.4) is 0 Å². The highest BCUT2D eigenvalue weighted by atomic mass is 16.7. The van der Waals surface area contributed by atoms with Crippen LogP contribution in [0.2, 0.25) is 0 Å². The van der Waals surface area contributed by atoms with Gasteiger partial charge in [0.25, 0.3) is 5.91 Å². The standard InChI is InChI=1S/C16H16N2O4/c1-11-2-3-12(9-18-11)16(19)17-6-7-20-13-4-5-14-15(8-13)22-10-21-14/h2-5,8-9H,6-7,10H2,1H3,(H,17,19). The minimum absolute atomic E-state index is 0.165. The monoisotopic (exact) mass is 300 g/mol. The van der Waals surface area contributed by atoms with Crippen LogP contribution in [-0.2, 0) is 0 Å². The molecular weight excluding hydrogens is 284 g/mol. The zero-order chi connectivity index (χ0) is 15.4. The topological polar surface area (TPSA) is 69.7 Å². The maximum absolute atomic E-state index is 11.9. The van der Waals surface area contributed by atoms with Crippen molar-refractivity contribution < 1.29 is 19.0 Å². The van der Waals surface area contributed by atoms with E-state index in [0.29, 0.717) is 36.0 Å². The Balaban J connectivity index is 1.45. The number of aromatic nitrogens is 1. The van der Waals surface area contributed by atoms with Crippen LogP contribution in [-0.4, -0.2) is 30.8 Å². The molecule has 2 heterocycles. The van der Waals surface area contributed by atoms with E-state index in [1.807, 2.05) is 6.92 Å². The van der Waals surface area contributed by atoms with Gasteiger partial charge in [0.05, 0.1) is 12.1 Å². The summed E-state index contributed by atoms with van der Waals surface area (Å²) >= 11 is 0. The average Bonchev–Trinajstić information content (AvgIpc) is 2.99. The van der Waals surface area contributed by atoms with Crippen LogP contribution in [0.5, 0.6) is 17.2 Å². The van der Waals surface area contributed by atoms with E-state index >= 15 is 0 Å². The third-order valence-electron chi connectivity index (χ3n) is 3.17. The normalized spacial score (nSPS) is 12.0. The van der Waals surface area contributed by atoms with Gasteiger partial charge in [-0.15, -0.1) is 0 Å². The van der Waals surface area contributed by atoms with E-state index in [9.17, 15) is 4.79 Å². The van der Waals surface area contributed by atoms with Crippen LogP contribution >= 0.6 is 0 Å². The molecule has 0 saturated carbocycles. The van der Waals surface area contributed by atoms with Gasteiger partial charge in [-0.25, -0.2) is 0 Å². The van der Waals surface area contributed by atoms with Gasteiger partial charge >= 0.3 is 0 Å². The third kappa shape index (κ3) is 3.28. The summed E-state index contributed by atoms with van der Waals surface area (Å²) in [4.78, 5) is 16.0. The summed E-state index contributed by atoms with van der Waals surface area (Å²) in [6.45, 7) is 2.88. The molecule has 0 spiro atoms. The first kappa shape index (κ1) is 14.2. The van der Waals surface area contributed by atoms with E-state index in [4.69, 9.17) is 14.2 Å². The summed E-state index contributed by atoms with van der Waals surface area (Å²) in [7, 11) is 0. The quantitative estimate of drug-likeness (QED) is 0.854. The van der Waals surface area contributed by atoms with E-state index in [1.54, 1.807) is 36.5 Å². The Morgan fingerprint density at radius 2 is 2.14 bits per heavy atom. The molecule has 1 N–H and O–H groups in total. The average molecular weight is 300 g/mol. The molecule has 0 radical (unpaired) electrons. The number of hydrogen-bond donors (Lipinski definition) is 1. The van der Waals surface area contributed by atoms with Crippen molar-refractivity contribution in [3.05, 3.63) is 47.8 Å². The Hall–Kier alpha value is -2.76. The number of nitrogens with zero attached hydrogens (tertiary/aromatic N) is 1. The van der Waals surface area contributed by atoms with Crippen LogP contribution in [0.4, 0.5) is 0 Å². The highest BCUT2D eigenvalue weighted by molar-refractivity contribution is 5.93. The minimum Gasteiger partial charge on any atom is -0.492 e. The molecule has 2 aromatic rings. The maximum Gasteiger partial charge on any atom is 0.252 e. The third-order valence-corrected chi connectivity index (χ3v) is 3.17. The predicted molar refractivity (Wildman–Crippen MR) is 79.4 cm³/mol. The van der Waals surface area contributed by atoms with E-state index < -0.39 is 0 Å². The number of hydrogen-bond acceptors (Lipinski definition) is 5. The molecule has 1 aromatic heterocycles. The van der Waals surface area contributed by atoms with Crippen molar-refractivity contribution in [3.8, 4) is 17.2 Å². The van der Waals surface area contributed by atoms with Crippen LogP contribution in [0, 0.1) is 6.92 Å². The molecule has 6 nitrogen and oxygen atoms in total. The molecule has 0 bridgehead atoms. The lowest BCUT2D eigenvalue weighted by Crippen LogP contribution is -2.28. The van der Waals surface area contributed by atoms with E-state index in [-0.39, 0.29) is 12.7 Å². The Morgan fingerprint density at radius 3 is 2.95 bits per heavy atom. The number of carbonyl (C=O) groups is 1. The lowest BCUT2D eigenvalue weighted by Gasteiger charge is -2.08. The first-order chi connectivity index (χ1) is 10.7. The van der Waals surface area contributed by atoms with Crippen molar-refractivity contribution in [3.63, 3.8) is 0 Å². The minimum atomic E-state index is -0.165. The Morgan fingerprint density at radius 1 is 1.27 bits per heavy atom. The molecule has 22 heavy (non-hydrogen) atoms. The maximum atomic E-state index is 11.9. The second-order valence-corrected chi connectivity index (χ2v) is 4.81. The second-order valence-electron chi connectivity index (χ2n) is 4.81. The number of nitrogens with one attached hydrogen (secondary N) is 1. The van der Waals surface area contributed by atoms with E-state index in [1.165, 1.54) is 0 Å². The Kier molecular flexibility index (Phi) is 4.09. The highest BCUT2D eigenvalue weighted by Crippen LogP contribution is 2.34. The summed E-state index contributed by atoms with van der Waals surface area (Å²) in [5.74, 6) is 1.90. The van der Waals surface area contributed by atoms with Gasteiger partial charge in [0.2, 0.25) is 6.79 Å². The molecule has 1 aliphatic rings. The van der Waals surface area contributed by atoms with Crippen molar-refractivity contribution >= 4 is 5.91 Å². The number of benzene rings is 1. The van der Waals surface area contributed by atoms with Crippen molar-refractivity contribution in [2.45, 2.75) is 6.92 Å². The van der Waals surface area contributed by atoms with Gasteiger partial charge in [-0.1, -0.05) is 0 Å². The second kappa shape index (κ2) is 6.34. The van der Waals surface area contributed by atoms with E-state index in [2.05, 4.69) is 10.3 Å². The van der Waals surface area contributed by atoms with Crippen LogP contribution < -0.4 is 19.5 Å². The molecule has 1 aliphatic heterocycles. The molecular formula is C16H16N2O4. The molecule has 1 aromatic carbocycles. The molecule has 0 saturated heterocycles. The number of carbonyl (C=O) groups excluding carboxylic acids is 1. The zero-order valence-corrected chi connectivity index (χ0v) is 12.2.